The number of ether oxygens (including phenoxy) is 1. The number of hydrogen-bond acceptors (Lipinski definition) is 3. The van der Waals surface area contributed by atoms with Crippen LogP contribution in [-0.2, 0) is 17.7 Å². The second kappa shape index (κ2) is 10.1. The smallest absolute Gasteiger partial charge is 0.0967 e. The Balaban J connectivity index is 2.03. The average molecular weight is 251 g/mol. The summed E-state index contributed by atoms with van der Waals surface area (Å²) in [5.41, 5.74) is 2.68. The van der Waals surface area contributed by atoms with Gasteiger partial charge in [-0.25, -0.2) is 0 Å². The van der Waals surface area contributed by atoms with Crippen molar-refractivity contribution in [2.24, 2.45) is 0 Å². The lowest BCUT2D eigenvalue weighted by Gasteiger charge is -2.07. The van der Waals surface area contributed by atoms with Gasteiger partial charge in [0.15, 0.2) is 0 Å². The van der Waals surface area contributed by atoms with Crippen LogP contribution in [0.1, 0.15) is 37.3 Å². The van der Waals surface area contributed by atoms with E-state index < -0.39 is 0 Å². The van der Waals surface area contributed by atoms with Gasteiger partial charge in [-0.2, -0.15) is 0 Å². The van der Waals surface area contributed by atoms with Crippen LogP contribution in [0.5, 0.6) is 0 Å². The fourth-order valence-corrected chi connectivity index (χ4v) is 1.79. The van der Waals surface area contributed by atoms with E-state index in [0.29, 0.717) is 6.73 Å². The van der Waals surface area contributed by atoms with Gasteiger partial charge in [0, 0.05) is 19.8 Å². The van der Waals surface area contributed by atoms with Crippen LogP contribution in [0.15, 0.2) is 24.3 Å². The largest absolute Gasteiger partial charge is 0.396 e. The quantitative estimate of drug-likeness (QED) is 0.496. The first-order valence-corrected chi connectivity index (χ1v) is 6.84. The van der Waals surface area contributed by atoms with E-state index in [9.17, 15) is 0 Å². The molecule has 0 fully saturated rings. The Labute approximate surface area is 110 Å². The van der Waals surface area contributed by atoms with Crippen molar-refractivity contribution in [3.8, 4) is 0 Å². The number of aryl methyl sites for hydroxylation is 1. The van der Waals surface area contributed by atoms with Crippen LogP contribution in [0, 0.1) is 0 Å². The molecule has 0 atom stereocenters. The van der Waals surface area contributed by atoms with E-state index in [0.717, 1.165) is 38.8 Å². The van der Waals surface area contributed by atoms with Crippen molar-refractivity contribution in [1.29, 1.82) is 0 Å². The summed E-state index contributed by atoms with van der Waals surface area (Å²) >= 11 is 0. The van der Waals surface area contributed by atoms with Gasteiger partial charge in [0.25, 0.3) is 0 Å². The van der Waals surface area contributed by atoms with Crippen LogP contribution in [0.4, 0.5) is 0 Å². The van der Waals surface area contributed by atoms with Crippen LogP contribution in [-0.4, -0.2) is 25.1 Å². The van der Waals surface area contributed by atoms with Gasteiger partial charge in [-0.05, 0) is 36.8 Å². The van der Waals surface area contributed by atoms with Gasteiger partial charge in [0.1, 0.15) is 0 Å². The molecule has 0 amide bonds. The van der Waals surface area contributed by atoms with Crippen molar-refractivity contribution in [3.63, 3.8) is 0 Å². The molecule has 0 aliphatic rings. The Morgan fingerprint density at radius 2 is 2.00 bits per heavy atom. The van der Waals surface area contributed by atoms with E-state index in [4.69, 9.17) is 9.84 Å². The molecule has 0 bridgehead atoms. The van der Waals surface area contributed by atoms with Crippen molar-refractivity contribution in [2.45, 2.75) is 39.2 Å². The lowest BCUT2D eigenvalue weighted by atomic mass is 10.1. The molecule has 1 rings (SSSR count). The van der Waals surface area contributed by atoms with E-state index in [1.807, 2.05) is 0 Å². The standard InChI is InChI=1S/C15H25NO2/c1-2-14-7-6-8-15(11-14)12-16-13-18-10-5-3-4-9-17/h6-8,11,16-17H,2-5,9-10,12-13H2,1H3. The van der Waals surface area contributed by atoms with Crippen LogP contribution in [0.25, 0.3) is 0 Å². The predicted molar refractivity (Wildman–Crippen MR) is 74.4 cm³/mol. The molecule has 0 unspecified atom stereocenters. The molecule has 3 heteroatoms. The summed E-state index contributed by atoms with van der Waals surface area (Å²) in [5.74, 6) is 0. The van der Waals surface area contributed by atoms with Crippen LogP contribution in [0.3, 0.4) is 0 Å². The van der Waals surface area contributed by atoms with E-state index in [2.05, 4.69) is 36.5 Å². The number of rotatable bonds is 10. The second-order valence-corrected chi connectivity index (χ2v) is 4.44. The molecule has 0 aromatic heterocycles. The highest BCUT2D eigenvalue weighted by Gasteiger charge is 1.94. The Kier molecular flexibility index (Phi) is 8.47. The molecule has 0 saturated heterocycles. The molecule has 3 nitrogen and oxygen atoms in total. The number of benzene rings is 1. The first-order valence-electron chi connectivity index (χ1n) is 6.84. The number of unbranched alkanes of at least 4 members (excludes halogenated alkanes) is 2. The molecule has 0 radical (unpaired) electrons. The molecule has 0 heterocycles. The van der Waals surface area contributed by atoms with Gasteiger partial charge < -0.3 is 9.84 Å². The molecular weight excluding hydrogens is 226 g/mol. The summed E-state index contributed by atoms with van der Waals surface area (Å²) in [4.78, 5) is 0. The van der Waals surface area contributed by atoms with Crippen molar-refractivity contribution in [1.82, 2.24) is 5.32 Å². The fraction of sp³-hybridized carbons (Fsp3) is 0.600. The summed E-state index contributed by atoms with van der Waals surface area (Å²) < 4.78 is 5.47. The van der Waals surface area contributed by atoms with E-state index >= 15 is 0 Å². The van der Waals surface area contributed by atoms with Gasteiger partial charge in [0.05, 0.1) is 6.73 Å². The predicted octanol–water partition coefficient (Wildman–Crippen LogP) is 2.48. The molecule has 1 aromatic rings. The van der Waals surface area contributed by atoms with Crippen molar-refractivity contribution in [2.75, 3.05) is 19.9 Å². The Hall–Kier alpha value is -0.900. The maximum absolute atomic E-state index is 8.62. The maximum Gasteiger partial charge on any atom is 0.0967 e. The number of aliphatic hydroxyl groups is 1. The molecule has 0 aliphatic carbocycles. The molecular formula is C15H25NO2. The third-order valence-electron chi connectivity index (χ3n) is 2.88. The van der Waals surface area contributed by atoms with Gasteiger partial charge in [-0.3, -0.25) is 5.32 Å². The third kappa shape index (κ3) is 6.74. The van der Waals surface area contributed by atoms with Gasteiger partial charge in [0.2, 0.25) is 0 Å². The monoisotopic (exact) mass is 251 g/mol. The van der Waals surface area contributed by atoms with Crippen LogP contribution >= 0.6 is 0 Å². The zero-order chi connectivity index (χ0) is 13.1. The lowest BCUT2D eigenvalue weighted by molar-refractivity contribution is 0.110. The second-order valence-electron chi connectivity index (χ2n) is 4.44. The normalized spacial score (nSPS) is 10.8. The molecule has 2 N–H and O–H groups in total. The summed E-state index contributed by atoms with van der Waals surface area (Å²) in [5, 5.41) is 11.9. The van der Waals surface area contributed by atoms with Gasteiger partial charge >= 0.3 is 0 Å². The summed E-state index contributed by atoms with van der Waals surface area (Å²) in [6, 6.07) is 8.62. The Bertz CT molecular complexity index is 315. The first kappa shape index (κ1) is 15.2. The molecule has 0 saturated carbocycles. The SMILES string of the molecule is CCc1cccc(CNCOCCCCCO)c1. The molecule has 0 aliphatic heterocycles. The van der Waals surface area contributed by atoms with Crippen LogP contribution < -0.4 is 5.32 Å². The third-order valence-corrected chi connectivity index (χ3v) is 2.88. The zero-order valence-corrected chi connectivity index (χ0v) is 11.3. The van der Waals surface area contributed by atoms with Crippen molar-refractivity contribution >= 4 is 0 Å². The molecule has 1 aromatic carbocycles. The zero-order valence-electron chi connectivity index (χ0n) is 11.3. The minimum absolute atomic E-state index is 0.284. The average Bonchev–Trinajstić information content (AvgIpc) is 2.42. The van der Waals surface area contributed by atoms with Crippen molar-refractivity contribution < 1.29 is 9.84 Å². The van der Waals surface area contributed by atoms with Crippen LogP contribution in [0.2, 0.25) is 0 Å². The summed E-state index contributed by atoms with van der Waals surface area (Å²) in [6.45, 7) is 4.66. The minimum Gasteiger partial charge on any atom is -0.396 e. The maximum atomic E-state index is 8.62. The number of nitrogens with one attached hydrogen (secondary N) is 1. The summed E-state index contributed by atoms with van der Waals surface area (Å²) in [6.07, 6.45) is 4.01. The molecule has 102 valence electrons. The number of hydrogen-bond donors (Lipinski definition) is 2. The van der Waals surface area contributed by atoms with Gasteiger partial charge in [-0.1, -0.05) is 31.2 Å². The Morgan fingerprint density at radius 3 is 2.78 bits per heavy atom. The lowest BCUT2D eigenvalue weighted by Crippen LogP contribution is -2.17. The first-order chi connectivity index (χ1) is 8.86. The minimum atomic E-state index is 0.284. The topological polar surface area (TPSA) is 41.5 Å². The molecule has 0 spiro atoms. The summed E-state index contributed by atoms with van der Waals surface area (Å²) in [7, 11) is 0. The Morgan fingerprint density at radius 1 is 1.17 bits per heavy atom. The molecule has 18 heavy (non-hydrogen) atoms. The number of aliphatic hydroxyl groups excluding tert-OH is 1. The van der Waals surface area contributed by atoms with Crippen molar-refractivity contribution in [3.05, 3.63) is 35.4 Å². The van der Waals surface area contributed by atoms with E-state index in [-0.39, 0.29) is 6.61 Å². The van der Waals surface area contributed by atoms with E-state index in [1.165, 1.54) is 11.1 Å². The highest BCUT2D eigenvalue weighted by molar-refractivity contribution is 5.23. The van der Waals surface area contributed by atoms with E-state index in [1.54, 1.807) is 0 Å². The fourth-order valence-electron chi connectivity index (χ4n) is 1.79. The van der Waals surface area contributed by atoms with Gasteiger partial charge in [-0.15, -0.1) is 0 Å². The highest BCUT2D eigenvalue weighted by atomic mass is 16.5. The highest BCUT2D eigenvalue weighted by Crippen LogP contribution is 2.05.